The molecule has 1 saturated carbocycles. The standard InChI is InChI=1S/C17H20FN3O2/c18-15-3-1-2-4-16(15)21-10-13(9-19-21)17(23)20-14-7-5-12(11-22)6-8-14/h1-4,9-10,12,14,22H,5-8,11H2,(H,20,23). The molecule has 5 nitrogen and oxygen atoms in total. The predicted molar refractivity (Wildman–Crippen MR) is 83.8 cm³/mol. The number of amides is 1. The largest absolute Gasteiger partial charge is 0.396 e. The summed E-state index contributed by atoms with van der Waals surface area (Å²) in [5, 5.41) is 16.2. The van der Waals surface area contributed by atoms with E-state index in [1.807, 2.05) is 0 Å². The summed E-state index contributed by atoms with van der Waals surface area (Å²) in [4.78, 5) is 12.3. The van der Waals surface area contributed by atoms with Crippen LogP contribution in [0.3, 0.4) is 0 Å². The van der Waals surface area contributed by atoms with Crippen LogP contribution >= 0.6 is 0 Å². The van der Waals surface area contributed by atoms with Gasteiger partial charge in [-0.05, 0) is 43.7 Å². The van der Waals surface area contributed by atoms with Gasteiger partial charge < -0.3 is 10.4 Å². The van der Waals surface area contributed by atoms with Crippen molar-refractivity contribution in [1.29, 1.82) is 0 Å². The molecule has 0 spiro atoms. The maximum Gasteiger partial charge on any atom is 0.254 e. The second-order valence-electron chi connectivity index (χ2n) is 6.00. The first-order valence-corrected chi connectivity index (χ1v) is 7.88. The van der Waals surface area contributed by atoms with Crippen LogP contribution in [0.2, 0.25) is 0 Å². The Balaban J connectivity index is 1.64. The van der Waals surface area contributed by atoms with Gasteiger partial charge in [0, 0.05) is 18.8 Å². The Morgan fingerprint density at radius 3 is 2.74 bits per heavy atom. The molecule has 0 saturated heterocycles. The van der Waals surface area contributed by atoms with Gasteiger partial charge in [0.1, 0.15) is 11.5 Å². The van der Waals surface area contributed by atoms with Crippen molar-refractivity contribution in [3.8, 4) is 5.69 Å². The Labute approximate surface area is 134 Å². The van der Waals surface area contributed by atoms with Gasteiger partial charge >= 0.3 is 0 Å². The van der Waals surface area contributed by atoms with Crippen molar-refractivity contribution in [3.05, 3.63) is 48.0 Å². The normalized spacial score (nSPS) is 21.1. The fourth-order valence-corrected chi connectivity index (χ4v) is 2.97. The van der Waals surface area contributed by atoms with Crippen LogP contribution in [-0.2, 0) is 0 Å². The molecule has 0 radical (unpaired) electrons. The number of aromatic nitrogens is 2. The zero-order chi connectivity index (χ0) is 16.2. The molecule has 23 heavy (non-hydrogen) atoms. The van der Waals surface area contributed by atoms with Crippen LogP contribution in [0.1, 0.15) is 36.0 Å². The minimum absolute atomic E-state index is 0.127. The summed E-state index contributed by atoms with van der Waals surface area (Å²) in [7, 11) is 0. The Hall–Kier alpha value is -2.21. The highest BCUT2D eigenvalue weighted by molar-refractivity contribution is 5.94. The van der Waals surface area contributed by atoms with E-state index in [-0.39, 0.29) is 24.4 Å². The van der Waals surface area contributed by atoms with Crippen LogP contribution in [0.15, 0.2) is 36.7 Å². The first-order chi connectivity index (χ1) is 11.2. The van der Waals surface area contributed by atoms with E-state index in [9.17, 15) is 9.18 Å². The van der Waals surface area contributed by atoms with E-state index >= 15 is 0 Å². The molecule has 122 valence electrons. The molecule has 1 amide bonds. The fraction of sp³-hybridized carbons (Fsp3) is 0.412. The van der Waals surface area contributed by atoms with E-state index in [0.717, 1.165) is 25.7 Å². The first kappa shape index (κ1) is 15.7. The summed E-state index contributed by atoms with van der Waals surface area (Å²) in [6, 6.07) is 6.43. The number of carbonyl (C=O) groups is 1. The molecular weight excluding hydrogens is 297 g/mol. The second kappa shape index (κ2) is 6.91. The third kappa shape index (κ3) is 3.59. The molecule has 1 fully saturated rings. The van der Waals surface area contributed by atoms with Crippen molar-refractivity contribution in [2.45, 2.75) is 31.7 Å². The van der Waals surface area contributed by atoms with Crippen molar-refractivity contribution >= 4 is 5.91 Å². The van der Waals surface area contributed by atoms with E-state index in [2.05, 4.69) is 10.4 Å². The molecule has 0 aliphatic heterocycles. The van der Waals surface area contributed by atoms with Crippen LogP contribution in [-0.4, -0.2) is 33.4 Å². The highest BCUT2D eigenvalue weighted by Gasteiger charge is 2.22. The van der Waals surface area contributed by atoms with E-state index in [0.29, 0.717) is 17.2 Å². The van der Waals surface area contributed by atoms with E-state index in [4.69, 9.17) is 5.11 Å². The quantitative estimate of drug-likeness (QED) is 0.909. The number of aliphatic hydroxyl groups is 1. The SMILES string of the molecule is O=C(NC1CCC(CO)CC1)c1cnn(-c2ccccc2F)c1. The summed E-state index contributed by atoms with van der Waals surface area (Å²) in [6.45, 7) is 0.218. The molecule has 1 heterocycles. The van der Waals surface area contributed by atoms with Gasteiger partial charge in [-0.15, -0.1) is 0 Å². The van der Waals surface area contributed by atoms with E-state index in [1.165, 1.54) is 23.1 Å². The Bertz CT molecular complexity index is 678. The predicted octanol–water partition coefficient (Wildman–Crippen LogP) is 2.29. The van der Waals surface area contributed by atoms with Crippen LogP contribution in [0.5, 0.6) is 0 Å². The summed E-state index contributed by atoms with van der Waals surface area (Å²) < 4.78 is 15.1. The molecule has 2 aromatic rings. The third-order valence-corrected chi connectivity index (χ3v) is 4.38. The molecule has 1 aromatic heterocycles. The summed E-state index contributed by atoms with van der Waals surface area (Å²) in [5.74, 6) is -0.225. The Morgan fingerprint density at radius 1 is 1.30 bits per heavy atom. The summed E-state index contributed by atoms with van der Waals surface area (Å²) in [6.07, 6.45) is 6.58. The number of para-hydroxylation sites is 1. The fourth-order valence-electron chi connectivity index (χ4n) is 2.97. The number of nitrogens with zero attached hydrogens (tertiary/aromatic N) is 2. The molecule has 0 bridgehead atoms. The van der Waals surface area contributed by atoms with Crippen LogP contribution < -0.4 is 5.32 Å². The van der Waals surface area contributed by atoms with Crippen LogP contribution in [0, 0.1) is 11.7 Å². The van der Waals surface area contributed by atoms with Crippen LogP contribution in [0.4, 0.5) is 4.39 Å². The number of benzene rings is 1. The van der Waals surface area contributed by atoms with Crippen molar-refractivity contribution in [2.75, 3.05) is 6.61 Å². The van der Waals surface area contributed by atoms with Gasteiger partial charge in [0.2, 0.25) is 0 Å². The molecule has 1 aliphatic rings. The second-order valence-corrected chi connectivity index (χ2v) is 6.00. The molecular formula is C17H20FN3O2. The lowest BCUT2D eigenvalue weighted by molar-refractivity contribution is 0.0914. The molecule has 6 heteroatoms. The molecule has 0 atom stereocenters. The number of carbonyl (C=O) groups excluding carboxylic acids is 1. The van der Waals surface area contributed by atoms with E-state index in [1.54, 1.807) is 18.2 Å². The molecule has 0 unspecified atom stereocenters. The minimum Gasteiger partial charge on any atom is -0.396 e. The van der Waals surface area contributed by atoms with Crippen LogP contribution in [0.25, 0.3) is 5.69 Å². The number of hydrogen-bond acceptors (Lipinski definition) is 3. The Kier molecular flexibility index (Phi) is 4.71. The zero-order valence-corrected chi connectivity index (χ0v) is 12.8. The lowest BCUT2D eigenvalue weighted by atomic mass is 9.86. The Morgan fingerprint density at radius 2 is 2.04 bits per heavy atom. The monoisotopic (exact) mass is 317 g/mol. The average molecular weight is 317 g/mol. The van der Waals surface area contributed by atoms with Crippen molar-refractivity contribution in [2.24, 2.45) is 5.92 Å². The van der Waals surface area contributed by atoms with Crippen molar-refractivity contribution in [1.82, 2.24) is 15.1 Å². The molecule has 1 aliphatic carbocycles. The van der Waals surface area contributed by atoms with Crippen molar-refractivity contribution in [3.63, 3.8) is 0 Å². The van der Waals surface area contributed by atoms with Gasteiger partial charge in [-0.3, -0.25) is 4.79 Å². The van der Waals surface area contributed by atoms with Gasteiger partial charge in [0.15, 0.2) is 0 Å². The topological polar surface area (TPSA) is 67.2 Å². The molecule has 3 rings (SSSR count). The number of nitrogens with one attached hydrogen (secondary N) is 1. The third-order valence-electron chi connectivity index (χ3n) is 4.38. The number of rotatable bonds is 4. The first-order valence-electron chi connectivity index (χ1n) is 7.88. The zero-order valence-electron chi connectivity index (χ0n) is 12.8. The highest BCUT2D eigenvalue weighted by atomic mass is 19.1. The van der Waals surface area contributed by atoms with E-state index < -0.39 is 0 Å². The maximum atomic E-state index is 13.7. The average Bonchev–Trinajstić information content (AvgIpc) is 3.06. The number of halogens is 1. The minimum atomic E-state index is -0.384. The summed E-state index contributed by atoms with van der Waals surface area (Å²) >= 11 is 0. The summed E-state index contributed by atoms with van der Waals surface area (Å²) in [5.41, 5.74) is 0.729. The number of aliphatic hydroxyl groups excluding tert-OH is 1. The molecule has 1 aromatic carbocycles. The van der Waals surface area contributed by atoms with Crippen molar-refractivity contribution < 1.29 is 14.3 Å². The smallest absolute Gasteiger partial charge is 0.254 e. The lowest BCUT2D eigenvalue weighted by Crippen LogP contribution is -2.37. The van der Waals surface area contributed by atoms with Gasteiger partial charge in [-0.2, -0.15) is 5.10 Å². The lowest BCUT2D eigenvalue weighted by Gasteiger charge is -2.27. The van der Waals surface area contributed by atoms with Gasteiger partial charge in [-0.1, -0.05) is 12.1 Å². The van der Waals surface area contributed by atoms with Gasteiger partial charge in [0.25, 0.3) is 5.91 Å². The molecule has 2 N–H and O–H groups in total. The maximum absolute atomic E-state index is 13.7. The number of hydrogen-bond donors (Lipinski definition) is 2. The van der Waals surface area contributed by atoms with Gasteiger partial charge in [0.05, 0.1) is 11.8 Å². The van der Waals surface area contributed by atoms with Gasteiger partial charge in [-0.25, -0.2) is 9.07 Å². The highest BCUT2D eigenvalue weighted by Crippen LogP contribution is 2.24.